The molecule has 23 heavy (non-hydrogen) atoms. The number of carbonyl (C=O) groups is 2. The van der Waals surface area contributed by atoms with Gasteiger partial charge in [0.15, 0.2) is 5.78 Å². The molecule has 1 aliphatic carbocycles. The van der Waals surface area contributed by atoms with Gasteiger partial charge in [-0.3, -0.25) is 9.59 Å². The first kappa shape index (κ1) is 17.3. The van der Waals surface area contributed by atoms with E-state index in [1.54, 1.807) is 6.07 Å². The van der Waals surface area contributed by atoms with Crippen molar-refractivity contribution < 1.29 is 31.5 Å². The van der Waals surface area contributed by atoms with Crippen LogP contribution in [0.5, 0.6) is 0 Å². The zero-order valence-corrected chi connectivity index (χ0v) is 11.7. The van der Waals surface area contributed by atoms with E-state index in [-0.39, 0.29) is 24.0 Å². The van der Waals surface area contributed by atoms with Crippen molar-refractivity contribution in [2.45, 2.75) is 31.0 Å². The summed E-state index contributed by atoms with van der Waals surface area (Å²) in [4.78, 5) is 23.7. The number of nitrogens with two attached hydrogens (primary N) is 1. The molecule has 1 aromatic carbocycles. The first-order chi connectivity index (χ1) is 10.6. The number of rotatable bonds is 3. The average Bonchev–Trinajstić information content (AvgIpc) is 2.48. The van der Waals surface area contributed by atoms with E-state index >= 15 is 0 Å². The molecule has 0 saturated carbocycles. The lowest BCUT2D eigenvalue weighted by molar-refractivity contribution is -0.266. The Hall–Kier alpha value is -2.09. The van der Waals surface area contributed by atoms with Crippen molar-refractivity contribution in [3.8, 4) is 0 Å². The smallest absolute Gasteiger partial charge is 0.324 e. The van der Waals surface area contributed by atoms with E-state index < -0.39 is 35.3 Å². The van der Waals surface area contributed by atoms with Crippen LogP contribution in [-0.4, -0.2) is 29.7 Å². The number of alkyl halides is 5. The summed E-state index contributed by atoms with van der Waals surface area (Å²) in [6, 6.07) is 6.40. The van der Waals surface area contributed by atoms with Gasteiger partial charge in [-0.25, -0.2) is 0 Å². The molecule has 0 aliphatic heterocycles. The van der Waals surface area contributed by atoms with Crippen LogP contribution in [-0.2, 0) is 9.59 Å². The van der Waals surface area contributed by atoms with Crippen LogP contribution in [0.3, 0.4) is 0 Å². The second-order valence-electron chi connectivity index (χ2n) is 5.12. The van der Waals surface area contributed by atoms with Gasteiger partial charge in [0, 0.05) is 12.5 Å². The average molecular weight is 333 g/mol. The third-order valence-electron chi connectivity index (χ3n) is 3.55. The molecule has 0 amide bonds. The molecule has 1 aliphatic rings. The molecule has 1 aromatic rings. The Labute approximate surface area is 128 Å². The molecular weight excluding hydrogens is 321 g/mol. The number of allylic oxidation sites excluding steroid dienone is 1. The zero-order chi connectivity index (χ0) is 17.4. The van der Waals surface area contributed by atoms with Crippen LogP contribution in [0.2, 0.25) is 0 Å². The lowest BCUT2D eigenvalue weighted by Crippen LogP contribution is -2.47. The molecule has 0 bridgehead atoms. The van der Waals surface area contributed by atoms with Gasteiger partial charge in [-0.2, -0.15) is 22.0 Å². The van der Waals surface area contributed by atoms with Gasteiger partial charge in [-0.15, -0.1) is 0 Å². The van der Waals surface area contributed by atoms with Gasteiger partial charge in [-0.05, 0) is 17.6 Å². The first-order valence-corrected chi connectivity index (χ1v) is 6.65. The highest BCUT2D eigenvalue weighted by Gasteiger charge is 2.64. The number of hydrogen-bond acceptors (Lipinski definition) is 3. The van der Waals surface area contributed by atoms with Gasteiger partial charge in [0.1, 0.15) is 0 Å². The summed E-state index contributed by atoms with van der Waals surface area (Å²) >= 11 is 0. The van der Waals surface area contributed by atoms with E-state index in [1.807, 2.05) is 0 Å². The van der Waals surface area contributed by atoms with Gasteiger partial charge < -0.3 is 5.73 Å². The minimum absolute atomic E-state index is 0.0669. The molecule has 1 unspecified atom stereocenters. The number of hydrogen-bond donors (Lipinski definition) is 1. The number of carbonyl (C=O) groups excluding carboxylic acids is 2. The molecular formula is C15H12F5NO2. The second-order valence-corrected chi connectivity index (χ2v) is 5.12. The van der Waals surface area contributed by atoms with Crippen molar-refractivity contribution in [3.63, 3.8) is 0 Å². The lowest BCUT2D eigenvalue weighted by atomic mass is 9.80. The molecule has 0 aromatic heterocycles. The summed E-state index contributed by atoms with van der Waals surface area (Å²) in [7, 11) is 0. The molecule has 0 radical (unpaired) electrons. The summed E-state index contributed by atoms with van der Waals surface area (Å²) in [5.41, 5.74) is 4.52. The fraction of sp³-hybridized carbons (Fsp3) is 0.333. The van der Waals surface area contributed by atoms with Crippen LogP contribution in [0, 0.1) is 0 Å². The van der Waals surface area contributed by atoms with Crippen LogP contribution in [0.25, 0.3) is 5.57 Å². The number of halogens is 5. The summed E-state index contributed by atoms with van der Waals surface area (Å²) in [5, 5.41) is 0. The van der Waals surface area contributed by atoms with Crippen LogP contribution < -0.4 is 5.73 Å². The monoisotopic (exact) mass is 333 g/mol. The summed E-state index contributed by atoms with van der Waals surface area (Å²) in [5.74, 6) is -9.25. The normalized spacial score (nSPS) is 19.9. The predicted octanol–water partition coefficient (Wildman–Crippen LogP) is 2.90. The molecule has 1 atom stereocenters. The number of ketones is 2. The highest BCUT2D eigenvalue weighted by atomic mass is 19.4. The van der Waals surface area contributed by atoms with E-state index in [9.17, 15) is 31.5 Å². The Kier molecular flexibility index (Phi) is 4.39. The Morgan fingerprint density at radius 3 is 2.17 bits per heavy atom. The Morgan fingerprint density at radius 1 is 1.09 bits per heavy atom. The highest BCUT2D eigenvalue weighted by Crippen LogP contribution is 2.41. The molecule has 0 heterocycles. The number of Topliss-reactive ketones (excluding diaryl/α,β-unsaturated/α-hetero) is 2. The van der Waals surface area contributed by atoms with E-state index in [4.69, 9.17) is 5.73 Å². The Bertz CT molecular complexity index is 664. The number of benzene rings is 1. The molecule has 0 fully saturated rings. The Morgan fingerprint density at radius 2 is 1.65 bits per heavy atom. The summed E-state index contributed by atoms with van der Waals surface area (Å²) in [6.45, 7) is 0. The van der Waals surface area contributed by atoms with Crippen LogP contribution in [0.1, 0.15) is 18.4 Å². The van der Waals surface area contributed by atoms with Crippen LogP contribution in [0.4, 0.5) is 22.0 Å². The minimum atomic E-state index is -6.08. The molecule has 2 N–H and O–H groups in total. The van der Waals surface area contributed by atoms with Gasteiger partial charge in [0.25, 0.3) is 0 Å². The fourth-order valence-electron chi connectivity index (χ4n) is 2.40. The molecule has 0 spiro atoms. The fourth-order valence-corrected chi connectivity index (χ4v) is 2.40. The minimum Gasteiger partial charge on any atom is -0.324 e. The standard InChI is InChI=1S/C15H12F5NO2/c16-14(17,15(18,19)20)13(23)12-10(22)7-6-9(21)11(12)8-4-2-1-3-5-8/h1-5,9H,6-7,21H2. The van der Waals surface area contributed by atoms with E-state index in [0.29, 0.717) is 0 Å². The van der Waals surface area contributed by atoms with Crippen molar-refractivity contribution in [2.75, 3.05) is 0 Å². The third-order valence-corrected chi connectivity index (χ3v) is 3.55. The first-order valence-electron chi connectivity index (χ1n) is 6.65. The topological polar surface area (TPSA) is 60.2 Å². The lowest BCUT2D eigenvalue weighted by Gasteiger charge is -2.27. The highest BCUT2D eigenvalue weighted by molar-refractivity contribution is 6.28. The third kappa shape index (κ3) is 3.03. The van der Waals surface area contributed by atoms with E-state index in [2.05, 4.69) is 0 Å². The van der Waals surface area contributed by atoms with Gasteiger partial charge in [0.05, 0.1) is 5.57 Å². The molecule has 0 saturated heterocycles. The second kappa shape index (κ2) is 5.84. The maximum absolute atomic E-state index is 13.4. The maximum atomic E-state index is 13.4. The van der Waals surface area contributed by atoms with Crippen molar-refractivity contribution >= 4 is 17.1 Å². The summed E-state index contributed by atoms with van der Waals surface area (Å²) in [6.07, 6.45) is -6.37. The van der Waals surface area contributed by atoms with Gasteiger partial charge in [-0.1, -0.05) is 30.3 Å². The SMILES string of the molecule is NC1CCC(=O)C(C(=O)C(F)(F)C(F)(F)F)=C1c1ccccc1. The van der Waals surface area contributed by atoms with Crippen LogP contribution in [0.15, 0.2) is 35.9 Å². The quantitative estimate of drug-likeness (QED) is 0.683. The largest absolute Gasteiger partial charge is 0.461 e. The van der Waals surface area contributed by atoms with Crippen molar-refractivity contribution in [1.29, 1.82) is 0 Å². The summed E-state index contributed by atoms with van der Waals surface area (Å²) < 4.78 is 64.2. The predicted molar refractivity (Wildman–Crippen MR) is 71.6 cm³/mol. The van der Waals surface area contributed by atoms with Gasteiger partial charge in [0.2, 0.25) is 5.78 Å². The van der Waals surface area contributed by atoms with Gasteiger partial charge >= 0.3 is 12.1 Å². The van der Waals surface area contributed by atoms with Crippen LogP contribution >= 0.6 is 0 Å². The van der Waals surface area contributed by atoms with Crippen molar-refractivity contribution in [1.82, 2.24) is 0 Å². The van der Waals surface area contributed by atoms with Crippen molar-refractivity contribution in [3.05, 3.63) is 41.5 Å². The van der Waals surface area contributed by atoms with E-state index in [1.165, 1.54) is 24.3 Å². The zero-order valence-electron chi connectivity index (χ0n) is 11.7. The maximum Gasteiger partial charge on any atom is 0.461 e. The molecule has 124 valence electrons. The van der Waals surface area contributed by atoms with Crippen molar-refractivity contribution in [2.24, 2.45) is 5.73 Å². The molecule has 2 rings (SSSR count). The van der Waals surface area contributed by atoms with E-state index in [0.717, 1.165) is 0 Å². The molecule has 3 nitrogen and oxygen atoms in total. The molecule has 8 heteroatoms. The Balaban J connectivity index is 2.66.